The molecular formula is C25H24Cl2N4O3. The molecule has 34 heavy (non-hydrogen) atoms. The van der Waals surface area contributed by atoms with Crippen molar-refractivity contribution in [2.24, 2.45) is 0 Å². The molecule has 0 N–H and O–H groups in total. The summed E-state index contributed by atoms with van der Waals surface area (Å²) in [4.78, 5) is 30.4. The lowest BCUT2D eigenvalue weighted by Gasteiger charge is -2.28. The van der Waals surface area contributed by atoms with Crippen LogP contribution in [-0.4, -0.2) is 51.6 Å². The molecule has 0 spiro atoms. The molecule has 9 heteroatoms. The SMILES string of the molecule is COc1ccc(CN2CCCn3nc4c(c3C2=O)CN(C(=O)c2ccc(Cl)c(Cl)c2)CC4)cc1. The number of carbonyl (C=O) groups is 2. The van der Waals surface area contributed by atoms with Crippen molar-refractivity contribution in [2.45, 2.75) is 32.5 Å². The molecule has 176 valence electrons. The minimum Gasteiger partial charge on any atom is -0.497 e. The normalized spacial score (nSPS) is 15.6. The lowest BCUT2D eigenvalue weighted by atomic mass is 10.0. The molecule has 5 rings (SSSR count). The van der Waals surface area contributed by atoms with Gasteiger partial charge in [-0.1, -0.05) is 35.3 Å². The van der Waals surface area contributed by atoms with Gasteiger partial charge in [-0.25, -0.2) is 0 Å². The molecule has 2 aromatic carbocycles. The van der Waals surface area contributed by atoms with Gasteiger partial charge in [-0.2, -0.15) is 5.10 Å². The van der Waals surface area contributed by atoms with Gasteiger partial charge in [0.05, 0.1) is 29.4 Å². The number of carbonyl (C=O) groups excluding carboxylic acids is 2. The Labute approximate surface area is 207 Å². The second-order valence-corrected chi connectivity index (χ2v) is 9.35. The summed E-state index contributed by atoms with van der Waals surface area (Å²) in [5.74, 6) is 0.594. The molecule has 2 aliphatic heterocycles. The third-order valence-electron chi connectivity index (χ3n) is 6.38. The Morgan fingerprint density at radius 2 is 1.85 bits per heavy atom. The van der Waals surface area contributed by atoms with Crippen LogP contribution >= 0.6 is 23.2 Å². The number of methoxy groups -OCH3 is 1. The van der Waals surface area contributed by atoms with Gasteiger partial charge in [0, 0.05) is 43.7 Å². The van der Waals surface area contributed by atoms with Crippen LogP contribution in [0.25, 0.3) is 0 Å². The summed E-state index contributed by atoms with van der Waals surface area (Å²) in [7, 11) is 1.63. The molecule has 0 saturated heterocycles. The molecule has 0 atom stereocenters. The van der Waals surface area contributed by atoms with Gasteiger partial charge in [0.2, 0.25) is 0 Å². The first kappa shape index (κ1) is 22.7. The van der Waals surface area contributed by atoms with Crippen LogP contribution in [0.5, 0.6) is 5.75 Å². The fourth-order valence-electron chi connectivity index (χ4n) is 4.58. The van der Waals surface area contributed by atoms with E-state index in [9.17, 15) is 9.59 Å². The minimum atomic E-state index is -0.139. The molecule has 0 bridgehead atoms. The van der Waals surface area contributed by atoms with E-state index in [-0.39, 0.29) is 11.8 Å². The van der Waals surface area contributed by atoms with E-state index in [1.807, 2.05) is 33.8 Å². The van der Waals surface area contributed by atoms with Gasteiger partial charge in [0.15, 0.2) is 0 Å². The monoisotopic (exact) mass is 498 g/mol. The molecule has 3 aromatic rings. The second-order valence-electron chi connectivity index (χ2n) is 8.53. The van der Waals surface area contributed by atoms with E-state index in [0.717, 1.165) is 29.0 Å². The highest BCUT2D eigenvalue weighted by Gasteiger charge is 2.33. The molecule has 2 amide bonds. The third kappa shape index (κ3) is 4.26. The van der Waals surface area contributed by atoms with Crippen molar-refractivity contribution in [1.82, 2.24) is 19.6 Å². The third-order valence-corrected chi connectivity index (χ3v) is 7.11. The molecule has 2 aliphatic rings. The quantitative estimate of drug-likeness (QED) is 0.533. The maximum absolute atomic E-state index is 13.6. The van der Waals surface area contributed by atoms with E-state index in [1.165, 1.54) is 0 Å². The summed E-state index contributed by atoms with van der Waals surface area (Å²) in [5.41, 5.74) is 3.84. The van der Waals surface area contributed by atoms with E-state index in [1.54, 1.807) is 30.2 Å². The standard InChI is InChI=1S/C25H24Cl2N4O3/c1-34-18-6-3-16(4-7-18)14-29-10-2-11-31-23(25(29)33)19-15-30(12-9-22(19)28-31)24(32)17-5-8-20(26)21(27)13-17/h3-8,13H,2,9-12,14-15H2,1H3. The van der Waals surface area contributed by atoms with E-state index in [2.05, 4.69) is 0 Å². The zero-order valence-corrected chi connectivity index (χ0v) is 20.3. The summed E-state index contributed by atoms with van der Waals surface area (Å²) in [5, 5.41) is 5.48. The van der Waals surface area contributed by atoms with Crippen molar-refractivity contribution < 1.29 is 14.3 Å². The highest BCUT2D eigenvalue weighted by Crippen LogP contribution is 2.29. The first-order valence-electron chi connectivity index (χ1n) is 11.2. The number of hydrogen-bond donors (Lipinski definition) is 0. The van der Waals surface area contributed by atoms with Gasteiger partial charge in [-0.3, -0.25) is 14.3 Å². The maximum atomic E-state index is 13.6. The number of aromatic nitrogens is 2. The van der Waals surface area contributed by atoms with Gasteiger partial charge in [0.1, 0.15) is 11.4 Å². The number of nitrogens with zero attached hydrogens (tertiary/aromatic N) is 4. The molecule has 7 nitrogen and oxygen atoms in total. The maximum Gasteiger partial charge on any atom is 0.272 e. The van der Waals surface area contributed by atoms with Crippen LogP contribution in [0, 0.1) is 0 Å². The fraction of sp³-hybridized carbons (Fsp3) is 0.320. The Balaban J connectivity index is 1.40. The van der Waals surface area contributed by atoms with Crippen LogP contribution in [-0.2, 0) is 26.1 Å². The van der Waals surface area contributed by atoms with E-state index < -0.39 is 0 Å². The Morgan fingerprint density at radius 1 is 1.06 bits per heavy atom. The lowest BCUT2D eigenvalue weighted by Crippen LogP contribution is -2.37. The Kier molecular flexibility index (Phi) is 6.23. The number of hydrogen-bond acceptors (Lipinski definition) is 4. The number of rotatable bonds is 4. The van der Waals surface area contributed by atoms with Crippen molar-refractivity contribution in [1.29, 1.82) is 0 Å². The minimum absolute atomic E-state index is 0.0501. The molecule has 3 heterocycles. The van der Waals surface area contributed by atoms with E-state index in [0.29, 0.717) is 60.4 Å². The molecule has 0 unspecified atom stereocenters. The summed E-state index contributed by atoms with van der Waals surface area (Å²) >= 11 is 12.1. The van der Waals surface area contributed by atoms with Crippen LogP contribution in [0.4, 0.5) is 0 Å². The molecule has 0 saturated carbocycles. The van der Waals surface area contributed by atoms with Crippen molar-refractivity contribution in [3.8, 4) is 5.75 Å². The summed E-state index contributed by atoms with van der Waals surface area (Å²) in [6, 6.07) is 12.6. The summed E-state index contributed by atoms with van der Waals surface area (Å²) in [6.45, 7) is 2.70. The van der Waals surface area contributed by atoms with Gasteiger partial charge < -0.3 is 14.5 Å². The number of benzene rings is 2. The number of ether oxygens (including phenoxy) is 1. The molecular weight excluding hydrogens is 475 g/mol. The highest BCUT2D eigenvalue weighted by atomic mass is 35.5. The fourth-order valence-corrected chi connectivity index (χ4v) is 4.88. The molecule has 0 aliphatic carbocycles. The number of aryl methyl sites for hydroxylation is 1. The molecule has 0 radical (unpaired) electrons. The van der Waals surface area contributed by atoms with Crippen LogP contribution in [0.1, 0.15) is 44.1 Å². The highest BCUT2D eigenvalue weighted by molar-refractivity contribution is 6.42. The second kappa shape index (κ2) is 9.31. The van der Waals surface area contributed by atoms with E-state index in [4.69, 9.17) is 33.0 Å². The van der Waals surface area contributed by atoms with Gasteiger partial charge in [0.25, 0.3) is 11.8 Å². The predicted octanol–water partition coefficient (Wildman–Crippen LogP) is 4.44. The zero-order valence-electron chi connectivity index (χ0n) is 18.8. The average Bonchev–Trinajstić information content (AvgIpc) is 3.14. The first-order chi connectivity index (χ1) is 16.4. The van der Waals surface area contributed by atoms with Gasteiger partial charge >= 0.3 is 0 Å². The smallest absolute Gasteiger partial charge is 0.272 e. The summed E-state index contributed by atoms with van der Waals surface area (Å²) < 4.78 is 7.06. The van der Waals surface area contributed by atoms with Crippen LogP contribution in [0.15, 0.2) is 42.5 Å². The van der Waals surface area contributed by atoms with E-state index >= 15 is 0 Å². The number of fused-ring (bicyclic) bond motifs is 3. The first-order valence-corrected chi connectivity index (χ1v) is 12.0. The zero-order chi connectivity index (χ0) is 23.8. The lowest BCUT2D eigenvalue weighted by molar-refractivity contribution is 0.0711. The molecule has 1 aromatic heterocycles. The Bertz CT molecular complexity index is 1260. The number of amides is 2. The molecule has 0 fully saturated rings. The number of halogens is 2. The Morgan fingerprint density at radius 3 is 2.59 bits per heavy atom. The Hall–Kier alpha value is -3.03. The van der Waals surface area contributed by atoms with Crippen LogP contribution in [0.2, 0.25) is 10.0 Å². The van der Waals surface area contributed by atoms with Crippen LogP contribution in [0.3, 0.4) is 0 Å². The van der Waals surface area contributed by atoms with Crippen molar-refractivity contribution in [3.05, 3.63) is 80.6 Å². The van der Waals surface area contributed by atoms with Crippen molar-refractivity contribution in [2.75, 3.05) is 20.2 Å². The van der Waals surface area contributed by atoms with Gasteiger partial charge in [-0.05, 0) is 42.3 Å². The van der Waals surface area contributed by atoms with Crippen molar-refractivity contribution >= 4 is 35.0 Å². The van der Waals surface area contributed by atoms with Gasteiger partial charge in [-0.15, -0.1) is 0 Å². The largest absolute Gasteiger partial charge is 0.497 e. The average molecular weight is 499 g/mol. The van der Waals surface area contributed by atoms with Crippen molar-refractivity contribution in [3.63, 3.8) is 0 Å². The van der Waals surface area contributed by atoms with Crippen LogP contribution < -0.4 is 4.74 Å². The topological polar surface area (TPSA) is 67.7 Å². The summed E-state index contributed by atoms with van der Waals surface area (Å²) in [6.07, 6.45) is 1.43. The predicted molar refractivity (Wildman–Crippen MR) is 129 cm³/mol.